The molecule has 2 aliphatic rings. The van der Waals surface area contributed by atoms with Gasteiger partial charge < -0.3 is 9.47 Å². The van der Waals surface area contributed by atoms with Crippen LogP contribution in [0.5, 0.6) is 0 Å². The van der Waals surface area contributed by atoms with Crippen LogP contribution in [-0.2, 0) is 19.3 Å². The Morgan fingerprint density at radius 3 is 2.45 bits per heavy atom. The Hall–Kier alpha value is -0.620. The Morgan fingerprint density at radius 2 is 1.85 bits per heavy atom. The Balaban J connectivity index is 1.88. The fraction of sp³-hybridized carbons (Fsp3) is 0.571. The van der Waals surface area contributed by atoms with E-state index >= 15 is 0 Å². The molecule has 2 unspecified atom stereocenters. The number of halogens is 1. The van der Waals surface area contributed by atoms with E-state index in [1.54, 1.807) is 30.3 Å². The highest BCUT2D eigenvalue weighted by Gasteiger charge is 2.56. The lowest BCUT2D eigenvalue weighted by molar-refractivity contribution is -0.150. The summed E-state index contributed by atoms with van der Waals surface area (Å²) in [4.78, 5) is 0.301. The van der Waals surface area contributed by atoms with Gasteiger partial charge in [-0.1, -0.05) is 18.2 Å². The van der Waals surface area contributed by atoms with Crippen LogP contribution in [0.2, 0.25) is 0 Å². The number of benzene rings is 1. The average Bonchev–Trinajstić information content (AvgIpc) is 2.85. The van der Waals surface area contributed by atoms with Crippen molar-refractivity contribution in [1.82, 2.24) is 0 Å². The molecule has 0 N–H and O–H groups in total. The summed E-state index contributed by atoms with van der Waals surface area (Å²) in [6.07, 6.45) is -0.245. The Bertz CT molecular complexity index is 599. The first-order valence-electron chi connectivity index (χ1n) is 6.60. The first kappa shape index (κ1) is 14.3. The van der Waals surface area contributed by atoms with Crippen LogP contribution in [-0.4, -0.2) is 37.0 Å². The van der Waals surface area contributed by atoms with E-state index in [2.05, 4.69) is 0 Å². The van der Waals surface area contributed by atoms with Crippen molar-refractivity contribution < 1.29 is 17.9 Å². The van der Waals surface area contributed by atoms with Gasteiger partial charge in [-0.25, -0.2) is 8.42 Å². The highest BCUT2D eigenvalue weighted by atomic mass is 35.5. The van der Waals surface area contributed by atoms with Gasteiger partial charge in [-0.15, -0.1) is 11.6 Å². The van der Waals surface area contributed by atoms with E-state index in [9.17, 15) is 8.42 Å². The van der Waals surface area contributed by atoms with Crippen molar-refractivity contribution in [2.45, 2.75) is 53.8 Å². The second-order valence-electron chi connectivity index (χ2n) is 5.72. The minimum atomic E-state index is -3.46. The SMILES string of the molecule is CC1(C)OC2C[C@H](S(=O)(=O)c3ccccc3)[C@@H](Cl)C2O1. The topological polar surface area (TPSA) is 52.6 Å². The average molecular weight is 317 g/mol. The van der Waals surface area contributed by atoms with Gasteiger partial charge in [0.25, 0.3) is 0 Å². The Morgan fingerprint density at radius 1 is 1.20 bits per heavy atom. The van der Waals surface area contributed by atoms with Crippen molar-refractivity contribution in [3.63, 3.8) is 0 Å². The predicted octanol–water partition coefficient (Wildman–Crippen LogP) is 2.36. The number of alkyl halides is 1. The van der Waals surface area contributed by atoms with Crippen molar-refractivity contribution in [3.8, 4) is 0 Å². The van der Waals surface area contributed by atoms with Gasteiger partial charge in [0.05, 0.1) is 21.6 Å². The molecule has 1 saturated heterocycles. The molecule has 2 fully saturated rings. The van der Waals surface area contributed by atoms with Crippen LogP contribution < -0.4 is 0 Å². The molecule has 0 amide bonds. The van der Waals surface area contributed by atoms with Crippen molar-refractivity contribution in [2.75, 3.05) is 0 Å². The number of hydrogen-bond acceptors (Lipinski definition) is 4. The van der Waals surface area contributed by atoms with Crippen LogP contribution in [0.25, 0.3) is 0 Å². The van der Waals surface area contributed by atoms with Gasteiger partial charge >= 0.3 is 0 Å². The molecule has 1 aromatic rings. The lowest BCUT2D eigenvalue weighted by Gasteiger charge is -2.23. The molecule has 6 heteroatoms. The summed E-state index contributed by atoms with van der Waals surface area (Å²) >= 11 is 6.36. The molecule has 3 rings (SSSR count). The maximum absolute atomic E-state index is 12.6. The highest BCUT2D eigenvalue weighted by molar-refractivity contribution is 7.92. The maximum Gasteiger partial charge on any atom is 0.182 e. The molecular formula is C14H17ClO4S. The first-order valence-corrected chi connectivity index (χ1v) is 8.58. The fourth-order valence-electron chi connectivity index (χ4n) is 2.97. The van der Waals surface area contributed by atoms with Gasteiger partial charge in [0.15, 0.2) is 15.6 Å². The highest BCUT2D eigenvalue weighted by Crippen LogP contribution is 2.44. The third kappa shape index (κ3) is 2.26. The summed E-state index contributed by atoms with van der Waals surface area (Å²) in [5.74, 6) is -0.691. The summed E-state index contributed by atoms with van der Waals surface area (Å²) in [5, 5.41) is -1.26. The molecule has 4 nitrogen and oxygen atoms in total. The second-order valence-corrected chi connectivity index (χ2v) is 8.39. The second kappa shape index (κ2) is 4.70. The van der Waals surface area contributed by atoms with Crippen LogP contribution in [0.1, 0.15) is 20.3 Å². The van der Waals surface area contributed by atoms with Crippen molar-refractivity contribution in [2.24, 2.45) is 0 Å². The van der Waals surface area contributed by atoms with E-state index in [1.165, 1.54) is 0 Å². The molecule has 20 heavy (non-hydrogen) atoms. The van der Waals surface area contributed by atoms with Gasteiger partial charge in [-0.3, -0.25) is 0 Å². The van der Waals surface area contributed by atoms with Crippen LogP contribution >= 0.6 is 11.6 Å². The molecule has 1 aromatic carbocycles. The normalized spacial score (nSPS) is 36.0. The Kier molecular flexibility index (Phi) is 3.36. The number of ether oxygens (including phenoxy) is 2. The summed E-state index contributed by atoms with van der Waals surface area (Å²) in [6.45, 7) is 3.63. The van der Waals surface area contributed by atoms with E-state index in [-0.39, 0.29) is 12.2 Å². The minimum Gasteiger partial charge on any atom is -0.344 e. The lowest BCUT2D eigenvalue weighted by atomic mass is 10.3. The summed E-state index contributed by atoms with van der Waals surface area (Å²) < 4.78 is 36.7. The summed E-state index contributed by atoms with van der Waals surface area (Å²) in [5.41, 5.74) is 0. The Labute approximate surface area is 123 Å². The van der Waals surface area contributed by atoms with Crippen LogP contribution in [0.4, 0.5) is 0 Å². The monoisotopic (exact) mass is 316 g/mol. The number of hydrogen-bond donors (Lipinski definition) is 0. The maximum atomic E-state index is 12.6. The molecule has 1 aliphatic carbocycles. The van der Waals surface area contributed by atoms with Crippen LogP contribution in [0, 0.1) is 0 Å². The largest absolute Gasteiger partial charge is 0.344 e. The smallest absolute Gasteiger partial charge is 0.182 e. The van der Waals surface area contributed by atoms with Gasteiger partial charge in [0.2, 0.25) is 0 Å². The predicted molar refractivity (Wildman–Crippen MR) is 75.5 cm³/mol. The van der Waals surface area contributed by atoms with Gasteiger partial charge in [0, 0.05) is 0 Å². The zero-order chi connectivity index (χ0) is 14.5. The third-order valence-corrected chi connectivity index (χ3v) is 6.74. The van der Waals surface area contributed by atoms with E-state index < -0.39 is 26.3 Å². The molecule has 1 heterocycles. The van der Waals surface area contributed by atoms with E-state index in [0.717, 1.165) is 0 Å². The number of rotatable bonds is 2. The van der Waals surface area contributed by atoms with Gasteiger partial charge in [-0.2, -0.15) is 0 Å². The zero-order valence-electron chi connectivity index (χ0n) is 11.3. The minimum absolute atomic E-state index is 0.254. The molecule has 1 aliphatic heterocycles. The van der Waals surface area contributed by atoms with E-state index in [4.69, 9.17) is 21.1 Å². The van der Waals surface area contributed by atoms with E-state index in [1.807, 2.05) is 13.8 Å². The lowest BCUT2D eigenvalue weighted by Crippen LogP contribution is -2.34. The first-order chi connectivity index (χ1) is 9.31. The quantitative estimate of drug-likeness (QED) is 0.786. The summed E-state index contributed by atoms with van der Waals surface area (Å²) in [7, 11) is -3.46. The summed E-state index contributed by atoms with van der Waals surface area (Å²) in [6, 6.07) is 8.40. The molecule has 4 atom stereocenters. The molecule has 1 saturated carbocycles. The zero-order valence-corrected chi connectivity index (χ0v) is 12.9. The number of fused-ring (bicyclic) bond motifs is 1. The molecule has 0 spiro atoms. The molecule has 110 valence electrons. The molecule has 0 aromatic heterocycles. The third-order valence-electron chi connectivity index (χ3n) is 3.83. The molecule has 0 radical (unpaired) electrons. The number of sulfone groups is 1. The van der Waals surface area contributed by atoms with Crippen molar-refractivity contribution in [3.05, 3.63) is 30.3 Å². The van der Waals surface area contributed by atoms with Gasteiger partial charge in [-0.05, 0) is 32.4 Å². The molecule has 0 bridgehead atoms. The standard InChI is InChI=1S/C14H17ClO4S/c1-14(2)18-10-8-11(12(15)13(10)19-14)20(16,17)9-6-4-3-5-7-9/h3-7,10-13H,8H2,1-2H3/t10?,11-,12+,13?/m0/s1. The van der Waals surface area contributed by atoms with Crippen molar-refractivity contribution >= 4 is 21.4 Å². The fourth-order valence-corrected chi connectivity index (χ4v) is 5.52. The van der Waals surface area contributed by atoms with Gasteiger partial charge in [0.1, 0.15) is 6.10 Å². The van der Waals surface area contributed by atoms with E-state index in [0.29, 0.717) is 11.3 Å². The van der Waals surface area contributed by atoms with Crippen molar-refractivity contribution in [1.29, 1.82) is 0 Å². The van der Waals surface area contributed by atoms with Crippen LogP contribution in [0.15, 0.2) is 35.2 Å². The molecular weight excluding hydrogens is 300 g/mol. The van der Waals surface area contributed by atoms with Crippen LogP contribution in [0.3, 0.4) is 0 Å².